The fourth-order valence-corrected chi connectivity index (χ4v) is 2.74. The number of hydrogen-bond acceptors (Lipinski definition) is 3. The van der Waals surface area contributed by atoms with Crippen molar-refractivity contribution in [2.24, 2.45) is 0 Å². The molecule has 3 rings (SSSR count). The van der Waals surface area contributed by atoms with E-state index in [-0.39, 0.29) is 0 Å². The minimum atomic E-state index is 0.394. The summed E-state index contributed by atoms with van der Waals surface area (Å²) in [6, 6.07) is 8.93. The lowest BCUT2D eigenvalue weighted by molar-refractivity contribution is 0.612. The van der Waals surface area contributed by atoms with Crippen molar-refractivity contribution in [3.8, 4) is 0 Å². The number of alkyl halides is 1. The summed E-state index contributed by atoms with van der Waals surface area (Å²) in [5, 5.41) is 0. The van der Waals surface area contributed by atoms with Crippen molar-refractivity contribution in [1.82, 2.24) is 9.97 Å². The van der Waals surface area contributed by atoms with Crippen molar-refractivity contribution in [2.75, 3.05) is 4.90 Å². The molecule has 0 amide bonds. The van der Waals surface area contributed by atoms with Crippen molar-refractivity contribution in [1.29, 1.82) is 0 Å². The quantitative estimate of drug-likeness (QED) is 0.782. The Morgan fingerprint density at radius 1 is 1.32 bits per heavy atom. The molecule has 1 aromatic heterocycles. The van der Waals surface area contributed by atoms with Crippen molar-refractivity contribution in [3.05, 3.63) is 47.9 Å². The second-order valence-electron chi connectivity index (χ2n) is 4.89. The molecule has 3 nitrogen and oxygen atoms in total. The highest BCUT2D eigenvalue weighted by atomic mass is 35.5. The molecule has 0 fully saturated rings. The van der Waals surface area contributed by atoms with Crippen molar-refractivity contribution < 1.29 is 0 Å². The van der Waals surface area contributed by atoms with Gasteiger partial charge < -0.3 is 4.90 Å². The number of aryl methyl sites for hydroxylation is 1. The lowest BCUT2D eigenvalue weighted by atomic mass is 9.97. The van der Waals surface area contributed by atoms with E-state index in [4.69, 9.17) is 11.6 Å². The van der Waals surface area contributed by atoms with Gasteiger partial charge in [-0.05, 0) is 31.4 Å². The summed E-state index contributed by atoms with van der Waals surface area (Å²) in [5.74, 6) is 1.28. The predicted molar refractivity (Wildman–Crippen MR) is 78.0 cm³/mol. The zero-order valence-corrected chi connectivity index (χ0v) is 11.6. The van der Waals surface area contributed by atoms with Gasteiger partial charge in [-0.1, -0.05) is 18.2 Å². The molecule has 0 bridgehead atoms. The van der Waals surface area contributed by atoms with Gasteiger partial charge in [-0.3, -0.25) is 4.98 Å². The van der Waals surface area contributed by atoms with Crippen molar-refractivity contribution in [2.45, 2.75) is 31.7 Å². The maximum absolute atomic E-state index is 5.85. The van der Waals surface area contributed by atoms with Crippen LogP contribution in [0.1, 0.15) is 24.6 Å². The third kappa shape index (κ3) is 2.30. The minimum Gasteiger partial charge on any atom is -0.322 e. The lowest BCUT2D eigenvalue weighted by Crippen LogP contribution is -2.34. The summed E-state index contributed by atoms with van der Waals surface area (Å²) in [7, 11) is 0. The van der Waals surface area contributed by atoms with Crippen LogP contribution in [0.4, 0.5) is 11.5 Å². The number of rotatable bonds is 2. The summed E-state index contributed by atoms with van der Waals surface area (Å²) < 4.78 is 0. The highest BCUT2D eigenvalue weighted by Crippen LogP contribution is 2.35. The largest absolute Gasteiger partial charge is 0.322 e. The number of nitrogens with zero attached hydrogens (tertiary/aromatic N) is 3. The van der Waals surface area contributed by atoms with Gasteiger partial charge in [0.1, 0.15) is 0 Å². The first-order valence-electron chi connectivity index (χ1n) is 6.53. The fraction of sp³-hybridized carbons (Fsp3) is 0.333. The lowest BCUT2D eigenvalue weighted by Gasteiger charge is -2.36. The smallest absolute Gasteiger partial charge is 0.152 e. The highest BCUT2D eigenvalue weighted by Gasteiger charge is 2.25. The monoisotopic (exact) mass is 273 g/mol. The Balaban J connectivity index is 2.07. The van der Waals surface area contributed by atoms with Gasteiger partial charge in [0.25, 0.3) is 0 Å². The third-order valence-electron chi connectivity index (χ3n) is 3.58. The number of anilines is 2. The Morgan fingerprint density at radius 2 is 2.16 bits per heavy atom. The summed E-state index contributed by atoms with van der Waals surface area (Å²) >= 11 is 5.85. The molecule has 4 heteroatoms. The molecule has 19 heavy (non-hydrogen) atoms. The first-order valence-corrected chi connectivity index (χ1v) is 7.07. The molecule has 1 atom stereocenters. The Hall–Kier alpha value is -1.61. The number of para-hydroxylation sites is 1. The van der Waals surface area contributed by atoms with Crippen LogP contribution in [0.2, 0.25) is 0 Å². The molecule has 0 saturated heterocycles. The zero-order valence-electron chi connectivity index (χ0n) is 10.9. The summed E-state index contributed by atoms with van der Waals surface area (Å²) in [6.07, 6.45) is 5.78. The second kappa shape index (κ2) is 5.17. The van der Waals surface area contributed by atoms with Crippen LogP contribution in [0.3, 0.4) is 0 Å². The standard InChI is InChI=1S/C15H16ClN3/c1-11-6-7-12-4-2-3-5-14(12)19(11)15-10-17-9-13(8-16)18-15/h2-5,9-11H,6-8H2,1H3. The van der Waals surface area contributed by atoms with Crippen LogP contribution in [-0.2, 0) is 12.3 Å². The molecular formula is C15H16ClN3. The van der Waals surface area contributed by atoms with Gasteiger partial charge in [0.15, 0.2) is 5.82 Å². The van der Waals surface area contributed by atoms with Crippen LogP contribution in [-0.4, -0.2) is 16.0 Å². The van der Waals surface area contributed by atoms with Gasteiger partial charge in [-0.2, -0.15) is 0 Å². The molecule has 0 radical (unpaired) electrons. The average Bonchev–Trinajstić information content (AvgIpc) is 2.47. The van der Waals surface area contributed by atoms with Gasteiger partial charge in [0.2, 0.25) is 0 Å². The van der Waals surface area contributed by atoms with Gasteiger partial charge in [-0.25, -0.2) is 4.98 Å². The molecule has 1 aliphatic heterocycles. The molecule has 1 unspecified atom stereocenters. The Morgan fingerprint density at radius 3 is 3.00 bits per heavy atom. The number of hydrogen-bond donors (Lipinski definition) is 0. The normalized spacial score (nSPS) is 18.2. The molecule has 0 saturated carbocycles. The summed E-state index contributed by atoms with van der Waals surface area (Å²) in [6.45, 7) is 2.23. The van der Waals surface area contributed by atoms with E-state index in [1.165, 1.54) is 11.3 Å². The molecule has 0 spiro atoms. The Kier molecular flexibility index (Phi) is 3.38. The number of benzene rings is 1. The molecule has 2 aromatic rings. The predicted octanol–water partition coefficient (Wildman–Crippen LogP) is 3.69. The van der Waals surface area contributed by atoms with Gasteiger partial charge in [0, 0.05) is 17.9 Å². The molecule has 98 valence electrons. The number of halogens is 1. The Labute approximate surface area is 118 Å². The average molecular weight is 274 g/mol. The van der Waals surface area contributed by atoms with Crippen LogP contribution in [0.15, 0.2) is 36.7 Å². The van der Waals surface area contributed by atoms with Gasteiger partial charge >= 0.3 is 0 Å². The zero-order chi connectivity index (χ0) is 13.2. The molecular weight excluding hydrogens is 258 g/mol. The Bertz CT molecular complexity index is 585. The maximum Gasteiger partial charge on any atom is 0.152 e. The van der Waals surface area contributed by atoms with Gasteiger partial charge in [0.05, 0.1) is 17.8 Å². The van der Waals surface area contributed by atoms with E-state index in [1.54, 1.807) is 6.20 Å². The SMILES string of the molecule is CC1CCc2ccccc2N1c1cncc(CCl)n1. The number of fused-ring (bicyclic) bond motifs is 1. The summed E-state index contributed by atoms with van der Waals surface area (Å²) in [4.78, 5) is 11.1. The molecule has 1 aromatic carbocycles. The van der Waals surface area contributed by atoms with Crippen LogP contribution in [0.25, 0.3) is 0 Å². The topological polar surface area (TPSA) is 29.0 Å². The van der Waals surface area contributed by atoms with E-state index in [0.29, 0.717) is 11.9 Å². The van der Waals surface area contributed by atoms with Gasteiger partial charge in [-0.15, -0.1) is 11.6 Å². The van der Waals surface area contributed by atoms with Crippen LogP contribution in [0, 0.1) is 0 Å². The van der Waals surface area contributed by atoms with E-state index in [2.05, 4.69) is 46.1 Å². The van der Waals surface area contributed by atoms with E-state index < -0.39 is 0 Å². The first kappa shape index (κ1) is 12.4. The highest BCUT2D eigenvalue weighted by molar-refractivity contribution is 6.16. The first-order chi connectivity index (χ1) is 9.29. The molecule has 0 N–H and O–H groups in total. The van der Waals surface area contributed by atoms with Crippen LogP contribution < -0.4 is 4.90 Å². The van der Waals surface area contributed by atoms with E-state index in [9.17, 15) is 0 Å². The molecule has 0 aliphatic carbocycles. The van der Waals surface area contributed by atoms with Crippen molar-refractivity contribution in [3.63, 3.8) is 0 Å². The minimum absolute atomic E-state index is 0.394. The van der Waals surface area contributed by atoms with E-state index in [1.807, 2.05) is 6.20 Å². The third-order valence-corrected chi connectivity index (χ3v) is 3.85. The maximum atomic E-state index is 5.85. The molecule has 1 aliphatic rings. The summed E-state index contributed by atoms with van der Waals surface area (Å²) in [5.41, 5.74) is 3.43. The number of aromatic nitrogens is 2. The van der Waals surface area contributed by atoms with Crippen LogP contribution in [0.5, 0.6) is 0 Å². The molecule has 2 heterocycles. The van der Waals surface area contributed by atoms with E-state index >= 15 is 0 Å². The van der Waals surface area contributed by atoms with Crippen molar-refractivity contribution >= 4 is 23.1 Å². The van der Waals surface area contributed by atoms with Crippen LogP contribution >= 0.6 is 11.6 Å². The van der Waals surface area contributed by atoms with E-state index in [0.717, 1.165) is 24.4 Å². The second-order valence-corrected chi connectivity index (χ2v) is 5.16. The fourth-order valence-electron chi connectivity index (χ4n) is 2.61.